The van der Waals surface area contributed by atoms with Gasteiger partial charge in [-0.25, -0.2) is 0 Å². The molecule has 6 rings (SSSR count). The molecule has 0 aromatic heterocycles. The lowest BCUT2D eigenvalue weighted by molar-refractivity contribution is -0.154. The highest BCUT2D eigenvalue weighted by Crippen LogP contribution is 2.66. The number of likely N-dealkylation sites (tertiary alicyclic amines) is 1. The van der Waals surface area contributed by atoms with Crippen molar-refractivity contribution in [3.8, 4) is 11.5 Å². The third kappa shape index (κ3) is 5.93. The van der Waals surface area contributed by atoms with E-state index >= 15 is 0 Å². The van der Waals surface area contributed by atoms with Crippen LogP contribution in [0.4, 0.5) is 0 Å². The van der Waals surface area contributed by atoms with E-state index < -0.39 is 0 Å². The highest BCUT2D eigenvalue weighted by atomic mass is 16.5. The first-order valence-corrected chi connectivity index (χ1v) is 16.9. The number of rotatable bonds is 8. The number of benzene rings is 1. The summed E-state index contributed by atoms with van der Waals surface area (Å²) in [7, 11) is 1.69. The van der Waals surface area contributed by atoms with Gasteiger partial charge in [0.1, 0.15) is 18.8 Å². The third-order valence-corrected chi connectivity index (χ3v) is 11.9. The van der Waals surface area contributed by atoms with Gasteiger partial charge < -0.3 is 18.9 Å². The van der Waals surface area contributed by atoms with Gasteiger partial charge in [-0.15, -0.1) is 0 Å². The molecule has 1 heterocycles. The van der Waals surface area contributed by atoms with Gasteiger partial charge in [-0.3, -0.25) is 14.5 Å². The number of carbonyl (C=O) groups excluding carboxylic acids is 2. The molecule has 4 aliphatic carbocycles. The van der Waals surface area contributed by atoms with Crippen LogP contribution < -0.4 is 9.47 Å². The predicted octanol–water partition coefficient (Wildman–Crippen LogP) is 6.99. The number of hydrogen-bond donors (Lipinski definition) is 0. The van der Waals surface area contributed by atoms with Crippen LogP contribution in [0.1, 0.15) is 91.0 Å². The average Bonchev–Trinajstić information content (AvgIpc) is 3.59. The van der Waals surface area contributed by atoms with Crippen LogP contribution in [-0.4, -0.2) is 62.4 Å². The average molecular weight is 606 g/mol. The number of allylic oxidation sites excluding steroid dienone is 1. The van der Waals surface area contributed by atoms with Crippen LogP contribution >= 0.6 is 0 Å². The van der Waals surface area contributed by atoms with Crippen molar-refractivity contribution in [3.05, 3.63) is 41.0 Å². The number of methoxy groups -OCH3 is 1. The van der Waals surface area contributed by atoms with E-state index in [2.05, 4.69) is 37.0 Å². The quantitative estimate of drug-likeness (QED) is 0.234. The lowest BCUT2D eigenvalue weighted by atomic mass is 9.48. The van der Waals surface area contributed by atoms with Crippen LogP contribution in [-0.2, 0) is 19.1 Å². The minimum atomic E-state index is -0.230. The summed E-state index contributed by atoms with van der Waals surface area (Å²) in [5.41, 5.74) is 3.78. The molecule has 1 aromatic carbocycles. The lowest BCUT2D eigenvalue weighted by Crippen LogP contribution is -2.51. The number of nitrogens with zero attached hydrogens (tertiary/aromatic N) is 1. The fraction of sp³-hybridized carbons (Fsp3) is 0.676. The molecule has 0 spiro atoms. The minimum absolute atomic E-state index is 0.00505. The molecule has 7 heteroatoms. The Morgan fingerprint density at radius 2 is 1.75 bits per heavy atom. The van der Waals surface area contributed by atoms with Crippen molar-refractivity contribution in [2.24, 2.45) is 28.6 Å². The Hall–Kier alpha value is -2.80. The summed E-state index contributed by atoms with van der Waals surface area (Å²) in [4.78, 5) is 26.5. The van der Waals surface area contributed by atoms with Gasteiger partial charge >= 0.3 is 11.9 Å². The Morgan fingerprint density at radius 3 is 2.48 bits per heavy atom. The Balaban J connectivity index is 1.23. The number of fused-ring (bicyclic) bond motifs is 5. The molecule has 7 nitrogen and oxygen atoms in total. The first kappa shape index (κ1) is 31.2. The van der Waals surface area contributed by atoms with E-state index in [1.54, 1.807) is 7.11 Å². The molecule has 0 N–H and O–H groups in total. The zero-order chi connectivity index (χ0) is 31.1. The van der Waals surface area contributed by atoms with Crippen molar-refractivity contribution in [2.75, 3.05) is 33.4 Å². The molecule has 4 fully saturated rings. The molecule has 0 bridgehead atoms. The van der Waals surface area contributed by atoms with Gasteiger partial charge in [-0.2, -0.15) is 0 Å². The summed E-state index contributed by atoms with van der Waals surface area (Å²) in [6.45, 7) is 11.8. The zero-order valence-corrected chi connectivity index (χ0v) is 27.4. The van der Waals surface area contributed by atoms with Crippen LogP contribution in [0.25, 0.3) is 6.08 Å². The van der Waals surface area contributed by atoms with Crippen molar-refractivity contribution >= 4 is 18.0 Å². The topological polar surface area (TPSA) is 74.3 Å². The van der Waals surface area contributed by atoms with Crippen LogP contribution in [0.2, 0.25) is 0 Å². The molecule has 0 amide bonds. The number of carbonyl (C=O) groups is 2. The summed E-state index contributed by atoms with van der Waals surface area (Å²) >= 11 is 0. The van der Waals surface area contributed by atoms with Crippen LogP contribution in [0.5, 0.6) is 11.5 Å². The SMILES string of the molecule is COc1cc(/C=C2/C[C@H]3[C@@H]4CC=C5C[C@@H](OC(C)=O)CC[C@]5(C)[C@H]4CC[C@]3(C)[C@H]2OC(C)=O)ccc1OCCN1CCCC1. The maximum atomic E-state index is 12.4. The Morgan fingerprint density at radius 1 is 0.977 bits per heavy atom. The second-order valence-corrected chi connectivity index (χ2v) is 14.5. The van der Waals surface area contributed by atoms with E-state index in [1.165, 1.54) is 37.8 Å². The van der Waals surface area contributed by atoms with Crippen LogP contribution in [0.3, 0.4) is 0 Å². The maximum absolute atomic E-state index is 12.4. The van der Waals surface area contributed by atoms with E-state index in [0.29, 0.717) is 24.4 Å². The minimum Gasteiger partial charge on any atom is -0.493 e. The van der Waals surface area contributed by atoms with Gasteiger partial charge in [-0.1, -0.05) is 37.6 Å². The molecule has 0 radical (unpaired) electrons. The smallest absolute Gasteiger partial charge is 0.303 e. The van der Waals surface area contributed by atoms with Crippen molar-refractivity contribution in [1.82, 2.24) is 4.90 Å². The zero-order valence-electron chi connectivity index (χ0n) is 27.4. The predicted molar refractivity (Wildman–Crippen MR) is 170 cm³/mol. The molecule has 7 atom stereocenters. The van der Waals surface area contributed by atoms with Crippen LogP contribution in [0.15, 0.2) is 35.4 Å². The number of hydrogen-bond acceptors (Lipinski definition) is 7. The van der Waals surface area contributed by atoms with Crippen molar-refractivity contribution in [1.29, 1.82) is 0 Å². The van der Waals surface area contributed by atoms with Gasteiger partial charge in [0.2, 0.25) is 0 Å². The Kier molecular flexibility index (Phi) is 8.89. The van der Waals surface area contributed by atoms with Gasteiger partial charge in [0.05, 0.1) is 7.11 Å². The molecule has 5 aliphatic rings. The molecule has 44 heavy (non-hydrogen) atoms. The fourth-order valence-corrected chi connectivity index (χ4v) is 9.71. The van der Waals surface area contributed by atoms with E-state index in [4.69, 9.17) is 18.9 Å². The summed E-state index contributed by atoms with van der Waals surface area (Å²) in [6, 6.07) is 6.15. The summed E-state index contributed by atoms with van der Waals surface area (Å²) < 4.78 is 23.7. The van der Waals surface area contributed by atoms with Crippen molar-refractivity contribution in [2.45, 2.75) is 97.7 Å². The number of ether oxygens (including phenoxy) is 4. The maximum Gasteiger partial charge on any atom is 0.303 e. The normalized spacial score (nSPS) is 35.7. The Labute approximate surface area is 263 Å². The lowest BCUT2D eigenvalue weighted by Gasteiger charge is -2.57. The first-order valence-electron chi connectivity index (χ1n) is 16.9. The van der Waals surface area contributed by atoms with Gasteiger partial charge in [0.25, 0.3) is 0 Å². The molecule has 1 aliphatic heterocycles. The highest BCUT2D eigenvalue weighted by Gasteiger charge is 2.61. The second-order valence-electron chi connectivity index (χ2n) is 14.5. The van der Waals surface area contributed by atoms with Gasteiger partial charge in [0.15, 0.2) is 11.5 Å². The van der Waals surface area contributed by atoms with Crippen molar-refractivity contribution in [3.63, 3.8) is 0 Å². The standard InChI is InChI=1S/C37H51NO6/c1-24(39)43-29-12-14-36(3)28(23-29)9-10-30-31(36)13-15-37(4)32(30)22-27(35(37)44-25(2)40)20-26-8-11-33(34(21-26)41-5)42-19-18-38-16-6-7-17-38/h8-9,11,20-21,29-32,35H,6-7,10,12-19,22-23H2,1-5H3/b27-20-/t29-,30+,31-,32-,35-,36-,37-/m0/s1. The van der Waals surface area contributed by atoms with Gasteiger partial charge in [0, 0.05) is 32.2 Å². The molecular weight excluding hydrogens is 554 g/mol. The third-order valence-electron chi connectivity index (χ3n) is 11.9. The van der Waals surface area contributed by atoms with E-state index in [1.807, 2.05) is 12.1 Å². The second kappa shape index (κ2) is 12.5. The molecular formula is C37H51NO6. The largest absolute Gasteiger partial charge is 0.493 e. The summed E-state index contributed by atoms with van der Waals surface area (Å²) in [5, 5.41) is 0. The van der Waals surface area contributed by atoms with Gasteiger partial charge in [-0.05, 0) is 111 Å². The first-order chi connectivity index (χ1) is 21.1. The fourth-order valence-electron chi connectivity index (χ4n) is 9.71. The number of esters is 2. The molecule has 1 saturated heterocycles. The molecule has 3 saturated carbocycles. The molecule has 240 valence electrons. The Bertz CT molecular complexity index is 1310. The molecule has 0 unspecified atom stereocenters. The van der Waals surface area contributed by atoms with E-state index in [-0.39, 0.29) is 35.0 Å². The van der Waals surface area contributed by atoms with Crippen LogP contribution in [0, 0.1) is 28.6 Å². The summed E-state index contributed by atoms with van der Waals surface area (Å²) in [5.74, 6) is 2.67. The van der Waals surface area contributed by atoms with E-state index in [0.717, 1.165) is 81.6 Å². The van der Waals surface area contributed by atoms with E-state index in [9.17, 15) is 9.59 Å². The molecule has 1 aromatic rings. The monoisotopic (exact) mass is 605 g/mol. The summed E-state index contributed by atoms with van der Waals surface area (Å²) in [6.07, 6.45) is 14.0. The van der Waals surface area contributed by atoms with Crippen molar-refractivity contribution < 1.29 is 28.5 Å². The highest BCUT2D eigenvalue weighted by molar-refractivity contribution is 5.68.